The van der Waals surface area contributed by atoms with E-state index in [-0.39, 0.29) is 41.4 Å². The monoisotopic (exact) mass is 377 g/mol. The van der Waals surface area contributed by atoms with Crippen LogP contribution in [0.5, 0.6) is 0 Å². The number of nitrogen functional groups attached to an aromatic ring is 1. The molecule has 0 spiro atoms. The standard InChI is InChI=1S/C7H12O4.C5H4ClN3O2.C3H8/c1-10-6(8)4-3-5-7(9)11-2;6-4-2-1-3(9(10)11)5(7)8-4;1-3-2/h3-5H2,1-2H3;1-2H,(H2,7,8);3H2,1-2H3. The molecule has 25 heavy (non-hydrogen) atoms. The van der Waals surface area contributed by atoms with Gasteiger partial charge < -0.3 is 15.2 Å². The number of aromatic nitrogens is 1. The smallest absolute Gasteiger partial charge is 0.311 e. The number of nitrogens with two attached hydrogens (primary N) is 1. The summed E-state index contributed by atoms with van der Waals surface area (Å²) in [5.41, 5.74) is 4.96. The van der Waals surface area contributed by atoms with Gasteiger partial charge in [-0.1, -0.05) is 31.9 Å². The van der Waals surface area contributed by atoms with Gasteiger partial charge in [0.2, 0.25) is 5.82 Å². The highest BCUT2D eigenvalue weighted by Crippen LogP contribution is 2.20. The van der Waals surface area contributed by atoms with E-state index < -0.39 is 4.92 Å². The highest BCUT2D eigenvalue weighted by Gasteiger charge is 2.11. The number of esters is 2. The molecular formula is C15H24ClN3O6. The summed E-state index contributed by atoms with van der Waals surface area (Å²) in [7, 11) is 2.64. The Morgan fingerprint density at radius 1 is 1.20 bits per heavy atom. The minimum atomic E-state index is -0.612. The van der Waals surface area contributed by atoms with Crippen molar-refractivity contribution in [1.29, 1.82) is 0 Å². The Labute approximate surface area is 151 Å². The number of halogens is 1. The van der Waals surface area contributed by atoms with Crippen molar-refractivity contribution < 1.29 is 24.0 Å². The molecule has 0 aliphatic carbocycles. The molecular weight excluding hydrogens is 354 g/mol. The van der Waals surface area contributed by atoms with Crippen LogP contribution in [0.3, 0.4) is 0 Å². The van der Waals surface area contributed by atoms with Crippen LogP contribution in [-0.4, -0.2) is 36.1 Å². The molecule has 9 nitrogen and oxygen atoms in total. The Hall–Kier alpha value is -2.42. The van der Waals surface area contributed by atoms with Crippen molar-refractivity contribution in [3.8, 4) is 0 Å². The molecule has 0 aliphatic heterocycles. The van der Waals surface area contributed by atoms with Gasteiger partial charge in [0.25, 0.3) is 0 Å². The van der Waals surface area contributed by atoms with Crippen LogP contribution < -0.4 is 5.73 Å². The second-order valence-electron chi connectivity index (χ2n) is 4.51. The van der Waals surface area contributed by atoms with Crippen LogP contribution in [0.15, 0.2) is 12.1 Å². The summed E-state index contributed by atoms with van der Waals surface area (Å²) >= 11 is 5.41. The normalized spacial score (nSPS) is 8.84. The van der Waals surface area contributed by atoms with E-state index >= 15 is 0 Å². The molecule has 0 bridgehead atoms. The molecule has 142 valence electrons. The molecule has 1 rings (SSSR count). The predicted molar refractivity (Wildman–Crippen MR) is 94.2 cm³/mol. The first-order valence-electron chi connectivity index (χ1n) is 7.43. The molecule has 0 aliphatic rings. The molecule has 1 aromatic rings. The zero-order valence-corrected chi connectivity index (χ0v) is 15.5. The Kier molecular flexibility index (Phi) is 15.0. The van der Waals surface area contributed by atoms with E-state index in [9.17, 15) is 19.7 Å². The average Bonchev–Trinajstić information content (AvgIpc) is 2.55. The molecule has 10 heteroatoms. The average molecular weight is 378 g/mol. The van der Waals surface area contributed by atoms with Gasteiger partial charge in [-0.3, -0.25) is 19.7 Å². The van der Waals surface area contributed by atoms with Crippen molar-refractivity contribution in [1.82, 2.24) is 4.98 Å². The zero-order valence-electron chi connectivity index (χ0n) is 14.8. The van der Waals surface area contributed by atoms with Crippen molar-refractivity contribution in [3.05, 3.63) is 27.4 Å². The molecule has 0 fully saturated rings. The van der Waals surface area contributed by atoms with Gasteiger partial charge in [-0.15, -0.1) is 0 Å². The predicted octanol–water partition coefficient (Wildman–Crippen LogP) is 3.14. The second kappa shape index (κ2) is 15.1. The van der Waals surface area contributed by atoms with Crippen LogP contribution in [0, 0.1) is 10.1 Å². The fraction of sp³-hybridized carbons (Fsp3) is 0.533. The third-order valence-corrected chi connectivity index (χ3v) is 2.49. The summed E-state index contributed by atoms with van der Waals surface area (Å²) in [6.07, 6.45) is 2.27. The SMILES string of the molecule is CCC.COC(=O)CCCC(=O)OC.Nc1nc(Cl)ccc1[N+](=O)[O-]. The lowest BCUT2D eigenvalue weighted by atomic mass is 10.2. The minimum absolute atomic E-state index is 0.146. The van der Waals surface area contributed by atoms with Gasteiger partial charge in [-0.05, 0) is 12.5 Å². The maximum Gasteiger partial charge on any atom is 0.311 e. The fourth-order valence-corrected chi connectivity index (χ4v) is 1.33. The lowest BCUT2D eigenvalue weighted by Crippen LogP contribution is -2.04. The molecule has 2 N–H and O–H groups in total. The third-order valence-electron chi connectivity index (χ3n) is 2.28. The van der Waals surface area contributed by atoms with Gasteiger partial charge in [0.15, 0.2) is 0 Å². The quantitative estimate of drug-likeness (QED) is 0.357. The van der Waals surface area contributed by atoms with Gasteiger partial charge in [0.05, 0.1) is 19.1 Å². The Morgan fingerprint density at radius 3 is 1.96 bits per heavy atom. The third kappa shape index (κ3) is 13.7. The molecule has 0 amide bonds. The van der Waals surface area contributed by atoms with Crippen molar-refractivity contribution >= 4 is 35.0 Å². The summed E-state index contributed by atoms with van der Waals surface area (Å²) in [5, 5.41) is 10.3. The van der Waals surface area contributed by atoms with E-state index in [0.29, 0.717) is 6.42 Å². The van der Waals surface area contributed by atoms with Gasteiger partial charge in [0.1, 0.15) is 5.15 Å². The summed E-state index contributed by atoms with van der Waals surface area (Å²) < 4.78 is 8.75. The van der Waals surface area contributed by atoms with Gasteiger partial charge in [0, 0.05) is 18.9 Å². The topological polar surface area (TPSA) is 135 Å². The first-order chi connectivity index (χ1) is 11.7. The molecule has 0 unspecified atom stereocenters. The van der Waals surface area contributed by atoms with Crippen LogP contribution in [-0.2, 0) is 19.1 Å². The molecule has 0 saturated carbocycles. The first kappa shape index (κ1) is 24.8. The van der Waals surface area contributed by atoms with E-state index in [2.05, 4.69) is 28.3 Å². The van der Waals surface area contributed by atoms with Crippen molar-refractivity contribution in [3.63, 3.8) is 0 Å². The first-order valence-corrected chi connectivity index (χ1v) is 7.81. The van der Waals surface area contributed by atoms with Crippen LogP contribution >= 0.6 is 11.6 Å². The lowest BCUT2D eigenvalue weighted by Gasteiger charge is -1.97. The minimum Gasteiger partial charge on any atom is -0.469 e. The van der Waals surface area contributed by atoms with E-state index in [1.165, 1.54) is 32.8 Å². The molecule has 0 atom stereocenters. The van der Waals surface area contributed by atoms with Crippen molar-refractivity contribution in [2.75, 3.05) is 20.0 Å². The van der Waals surface area contributed by atoms with E-state index in [0.717, 1.165) is 0 Å². The van der Waals surface area contributed by atoms with Crippen LogP contribution in [0.2, 0.25) is 5.15 Å². The van der Waals surface area contributed by atoms with Crippen LogP contribution in [0.1, 0.15) is 39.5 Å². The highest BCUT2D eigenvalue weighted by atomic mass is 35.5. The number of ether oxygens (including phenoxy) is 2. The highest BCUT2D eigenvalue weighted by molar-refractivity contribution is 6.29. The van der Waals surface area contributed by atoms with Crippen LogP contribution in [0.25, 0.3) is 0 Å². The van der Waals surface area contributed by atoms with Crippen LogP contribution in [0.4, 0.5) is 11.5 Å². The molecule has 0 radical (unpaired) electrons. The summed E-state index contributed by atoms with van der Waals surface area (Å²) in [6, 6.07) is 2.53. The summed E-state index contributed by atoms with van der Waals surface area (Å²) in [5.74, 6) is -0.759. The number of methoxy groups -OCH3 is 2. The maximum absolute atomic E-state index is 10.5. The number of hydrogen-bond donors (Lipinski definition) is 1. The van der Waals surface area contributed by atoms with E-state index in [1.54, 1.807) is 0 Å². The maximum atomic E-state index is 10.5. The number of nitro groups is 1. The number of carbonyl (C=O) groups excluding carboxylic acids is 2. The van der Waals surface area contributed by atoms with Crippen molar-refractivity contribution in [2.24, 2.45) is 0 Å². The molecule has 1 heterocycles. The summed E-state index contributed by atoms with van der Waals surface area (Å²) in [4.78, 5) is 34.1. The van der Waals surface area contributed by atoms with E-state index in [1.807, 2.05) is 0 Å². The van der Waals surface area contributed by atoms with Gasteiger partial charge >= 0.3 is 17.6 Å². The molecule has 0 saturated heterocycles. The zero-order chi connectivity index (χ0) is 19.8. The molecule has 0 aromatic carbocycles. The number of carbonyl (C=O) groups is 2. The number of nitrogens with zero attached hydrogens (tertiary/aromatic N) is 2. The number of anilines is 1. The van der Waals surface area contributed by atoms with Gasteiger partial charge in [-0.25, -0.2) is 4.98 Å². The lowest BCUT2D eigenvalue weighted by molar-refractivity contribution is -0.384. The summed E-state index contributed by atoms with van der Waals surface area (Å²) in [6.45, 7) is 4.25. The largest absolute Gasteiger partial charge is 0.469 e. The Bertz CT molecular complexity index is 538. The number of rotatable bonds is 5. The van der Waals surface area contributed by atoms with Crippen molar-refractivity contribution in [2.45, 2.75) is 39.5 Å². The number of hydrogen-bond acceptors (Lipinski definition) is 8. The second-order valence-corrected chi connectivity index (χ2v) is 4.90. The fourth-order valence-electron chi connectivity index (χ4n) is 1.18. The van der Waals surface area contributed by atoms with Gasteiger partial charge in [-0.2, -0.15) is 0 Å². The van der Waals surface area contributed by atoms with E-state index in [4.69, 9.17) is 17.3 Å². The Morgan fingerprint density at radius 2 is 1.64 bits per heavy atom. The molecule has 1 aromatic heterocycles. The number of pyridine rings is 1. The Balaban J connectivity index is 0.